The molecule has 0 saturated heterocycles. The summed E-state index contributed by atoms with van der Waals surface area (Å²) in [7, 11) is 1.27. The number of rotatable bonds is 5. The van der Waals surface area contributed by atoms with E-state index in [0.29, 0.717) is 27.6 Å². The molecule has 2 aromatic carbocycles. The number of anilines is 1. The van der Waals surface area contributed by atoms with Gasteiger partial charge in [-0.1, -0.05) is 17.7 Å². The second kappa shape index (κ2) is 8.58. The standard InChI is InChI=1S/C20H16ClNO6/c1-26-19(24)12-3-2-4-16(9-12)22-18(23)11-28-20(25)14-7-13-8-15(21)5-6-17(13)27-10-14/h2-9H,10-11H2,1H3,(H,22,23). The largest absolute Gasteiger partial charge is 0.488 e. The van der Waals surface area contributed by atoms with Crippen LogP contribution in [0, 0.1) is 0 Å². The zero-order chi connectivity index (χ0) is 20.1. The first-order valence-electron chi connectivity index (χ1n) is 8.24. The maximum Gasteiger partial charge on any atom is 0.338 e. The van der Waals surface area contributed by atoms with E-state index in [1.165, 1.54) is 13.2 Å². The Kier molecular flexibility index (Phi) is 5.96. The molecule has 1 N–H and O–H groups in total. The molecule has 1 aliphatic rings. The number of nitrogens with one attached hydrogen (secondary N) is 1. The molecule has 0 spiro atoms. The molecule has 1 aliphatic heterocycles. The maximum atomic E-state index is 12.2. The monoisotopic (exact) mass is 401 g/mol. The number of hydrogen-bond acceptors (Lipinski definition) is 6. The summed E-state index contributed by atoms with van der Waals surface area (Å²) < 4.78 is 15.2. The van der Waals surface area contributed by atoms with Crippen LogP contribution >= 0.6 is 11.6 Å². The van der Waals surface area contributed by atoms with E-state index >= 15 is 0 Å². The Morgan fingerprint density at radius 3 is 2.75 bits per heavy atom. The number of ether oxygens (including phenoxy) is 3. The lowest BCUT2D eigenvalue weighted by Crippen LogP contribution is -2.24. The summed E-state index contributed by atoms with van der Waals surface area (Å²) in [5.41, 5.74) is 1.61. The Morgan fingerprint density at radius 1 is 1.14 bits per heavy atom. The van der Waals surface area contributed by atoms with Crippen LogP contribution in [0.25, 0.3) is 6.08 Å². The molecule has 0 saturated carbocycles. The molecule has 28 heavy (non-hydrogen) atoms. The lowest BCUT2D eigenvalue weighted by molar-refractivity contribution is -0.143. The smallest absolute Gasteiger partial charge is 0.338 e. The molecule has 1 amide bonds. The predicted octanol–water partition coefficient (Wildman–Crippen LogP) is 3.08. The average molecular weight is 402 g/mol. The van der Waals surface area contributed by atoms with Crippen molar-refractivity contribution in [3.05, 3.63) is 64.2 Å². The van der Waals surface area contributed by atoms with E-state index < -0.39 is 24.5 Å². The van der Waals surface area contributed by atoms with Crippen molar-refractivity contribution in [1.29, 1.82) is 0 Å². The van der Waals surface area contributed by atoms with Crippen molar-refractivity contribution in [3.8, 4) is 5.75 Å². The Bertz CT molecular complexity index is 969. The molecular formula is C20H16ClNO6. The molecule has 1 heterocycles. The Morgan fingerprint density at radius 2 is 1.96 bits per heavy atom. The minimum absolute atomic E-state index is 0.0380. The molecule has 0 bridgehead atoms. The summed E-state index contributed by atoms with van der Waals surface area (Å²) in [4.78, 5) is 35.7. The molecule has 0 radical (unpaired) electrons. The fraction of sp³-hybridized carbons (Fsp3) is 0.150. The van der Waals surface area contributed by atoms with Gasteiger partial charge < -0.3 is 19.5 Å². The number of amides is 1. The lowest BCUT2D eigenvalue weighted by atomic mass is 10.1. The van der Waals surface area contributed by atoms with Crippen LogP contribution in [-0.4, -0.2) is 38.2 Å². The second-order valence-corrected chi connectivity index (χ2v) is 6.27. The third-order valence-corrected chi connectivity index (χ3v) is 4.08. The van der Waals surface area contributed by atoms with Gasteiger partial charge in [-0.3, -0.25) is 4.79 Å². The molecule has 0 atom stereocenters. The van der Waals surface area contributed by atoms with Gasteiger partial charge in [-0.15, -0.1) is 0 Å². The summed E-state index contributed by atoms with van der Waals surface area (Å²) >= 11 is 5.94. The average Bonchev–Trinajstić information content (AvgIpc) is 2.71. The van der Waals surface area contributed by atoms with Gasteiger partial charge in [-0.2, -0.15) is 0 Å². The van der Waals surface area contributed by atoms with Crippen LogP contribution in [0.1, 0.15) is 15.9 Å². The first-order chi connectivity index (χ1) is 13.5. The SMILES string of the molecule is COC(=O)c1cccc(NC(=O)COC(=O)C2=Cc3cc(Cl)ccc3OC2)c1. The molecule has 144 valence electrons. The normalized spacial score (nSPS) is 12.1. The highest BCUT2D eigenvalue weighted by Gasteiger charge is 2.19. The van der Waals surface area contributed by atoms with Gasteiger partial charge >= 0.3 is 11.9 Å². The number of esters is 2. The van der Waals surface area contributed by atoms with Crippen LogP contribution in [0.4, 0.5) is 5.69 Å². The number of carbonyl (C=O) groups is 3. The van der Waals surface area contributed by atoms with Crippen molar-refractivity contribution in [2.24, 2.45) is 0 Å². The van der Waals surface area contributed by atoms with Crippen LogP contribution in [0.3, 0.4) is 0 Å². The first kappa shape index (κ1) is 19.4. The van der Waals surface area contributed by atoms with Gasteiger partial charge in [0.25, 0.3) is 5.91 Å². The van der Waals surface area contributed by atoms with Crippen molar-refractivity contribution >= 4 is 41.2 Å². The molecule has 3 rings (SSSR count). The van der Waals surface area contributed by atoms with Gasteiger partial charge in [0, 0.05) is 16.3 Å². The second-order valence-electron chi connectivity index (χ2n) is 5.84. The summed E-state index contributed by atoms with van der Waals surface area (Å²) in [6, 6.07) is 11.3. The number of methoxy groups -OCH3 is 1. The van der Waals surface area contributed by atoms with Crippen molar-refractivity contribution in [2.75, 3.05) is 25.6 Å². The zero-order valence-electron chi connectivity index (χ0n) is 14.9. The van der Waals surface area contributed by atoms with E-state index in [9.17, 15) is 14.4 Å². The van der Waals surface area contributed by atoms with E-state index in [1.807, 2.05) is 0 Å². The summed E-state index contributed by atoms with van der Waals surface area (Å²) in [5.74, 6) is -1.11. The lowest BCUT2D eigenvalue weighted by Gasteiger charge is -2.17. The number of halogens is 1. The highest BCUT2D eigenvalue weighted by atomic mass is 35.5. The van der Waals surface area contributed by atoms with Gasteiger partial charge in [-0.25, -0.2) is 9.59 Å². The minimum atomic E-state index is -0.663. The predicted molar refractivity (Wildman–Crippen MR) is 102 cm³/mol. The van der Waals surface area contributed by atoms with E-state index in [2.05, 4.69) is 10.1 Å². The van der Waals surface area contributed by atoms with Gasteiger partial charge in [0.15, 0.2) is 6.61 Å². The Labute approximate surface area is 165 Å². The van der Waals surface area contributed by atoms with Gasteiger partial charge in [0.1, 0.15) is 12.4 Å². The molecule has 0 fully saturated rings. The number of benzene rings is 2. The van der Waals surface area contributed by atoms with Crippen molar-refractivity contribution < 1.29 is 28.6 Å². The first-order valence-corrected chi connectivity index (χ1v) is 8.62. The molecule has 7 nitrogen and oxygen atoms in total. The number of fused-ring (bicyclic) bond motifs is 1. The fourth-order valence-corrected chi connectivity index (χ4v) is 2.71. The number of hydrogen-bond donors (Lipinski definition) is 1. The van der Waals surface area contributed by atoms with Gasteiger partial charge in [0.05, 0.1) is 18.2 Å². The fourth-order valence-electron chi connectivity index (χ4n) is 2.53. The Balaban J connectivity index is 1.58. The quantitative estimate of drug-likeness (QED) is 0.774. The highest BCUT2D eigenvalue weighted by molar-refractivity contribution is 6.30. The van der Waals surface area contributed by atoms with Crippen LogP contribution in [0.15, 0.2) is 48.0 Å². The van der Waals surface area contributed by atoms with Crippen LogP contribution < -0.4 is 10.1 Å². The van der Waals surface area contributed by atoms with E-state index in [-0.39, 0.29) is 12.2 Å². The zero-order valence-corrected chi connectivity index (χ0v) is 15.6. The van der Waals surface area contributed by atoms with Crippen LogP contribution in [-0.2, 0) is 19.1 Å². The molecule has 0 aliphatic carbocycles. The minimum Gasteiger partial charge on any atom is -0.488 e. The van der Waals surface area contributed by atoms with Crippen molar-refractivity contribution in [1.82, 2.24) is 0 Å². The topological polar surface area (TPSA) is 90.9 Å². The van der Waals surface area contributed by atoms with Crippen molar-refractivity contribution in [2.45, 2.75) is 0 Å². The molecular weight excluding hydrogens is 386 g/mol. The molecule has 2 aromatic rings. The van der Waals surface area contributed by atoms with E-state index in [1.54, 1.807) is 42.5 Å². The van der Waals surface area contributed by atoms with Gasteiger partial charge in [0.2, 0.25) is 0 Å². The van der Waals surface area contributed by atoms with Gasteiger partial charge in [-0.05, 0) is 42.5 Å². The Hall–Kier alpha value is -3.32. The van der Waals surface area contributed by atoms with E-state index in [0.717, 1.165) is 0 Å². The third kappa shape index (κ3) is 4.69. The van der Waals surface area contributed by atoms with E-state index in [4.69, 9.17) is 21.1 Å². The maximum absolute atomic E-state index is 12.2. The molecule has 0 unspecified atom stereocenters. The number of carbonyl (C=O) groups excluding carboxylic acids is 3. The van der Waals surface area contributed by atoms with Crippen molar-refractivity contribution in [3.63, 3.8) is 0 Å². The summed E-state index contributed by atoms with van der Waals surface area (Å²) in [6.07, 6.45) is 1.62. The summed E-state index contributed by atoms with van der Waals surface area (Å²) in [6.45, 7) is -0.447. The third-order valence-electron chi connectivity index (χ3n) is 3.85. The molecule has 8 heteroatoms. The highest BCUT2D eigenvalue weighted by Crippen LogP contribution is 2.29. The van der Waals surface area contributed by atoms with Crippen LogP contribution in [0.5, 0.6) is 5.75 Å². The van der Waals surface area contributed by atoms with Crippen LogP contribution in [0.2, 0.25) is 5.02 Å². The molecule has 0 aromatic heterocycles. The summed E-state index contributed by atoms with van der Waals surface area (Å²) in [5, 5.41) is 3.07.